The molecule has 1 rings (SSSR count). The van der Waals surface area contributed by atoms with Gasteiger partial charge in [-0.05, 0) is 24.6 Å². The normalized spacial score (nSPS) is 14.1. The first kappa shape index (κ1) is 13.5. The van der Waals surface area contributed by atoms with Gasteiger partial charge < -0.3 is 21.3 Å². The summed E-state index contributed by atoms with van der Waals surface area (Å²) in [6.07, 6.45) is -0.144. The minimum Gasteiger partial charge on any atom is -0.494 e. The van der Waals surface area contributed by atoms with Crippen molar-refractivity contribution in [3.05, 3.63) is 29.8 Å². The summed E-state index contributed by atoms with van der Waals surface area (Å²) in [5.74, 6) is -0.186. The second-order valence-electron chi connectivity index (χ2n) is 3.79. The summed E-state index contributed by atoms with van der Waals surface area (Å²) in [6, 6.07) is 6.12. The Bertz CT molecular complexity index is 365. The predicted octanol–water partition coefficient (Wildman–Crippen LogP) is 0.887. The van der Waals surface area contributed by atoms with Gasteiger partial charge in [0.05, 0.1) is 13.0 Å². The number of benzene rings is 1. The molecule has 0 aliphatic rings. The molecular weight excluding hydrogens is 220 g/mol. The quantitative estimate of drug-likeness (QED) is 0.683. The highest BCUT2D eigenvalue weighted by molar-refractivity contribution is 5.67. The van der Waals surface area contributed by atoms with Gasteiger partial charge in [-0.3, -0.25) is 4.79 Å². The average molecular weight is 238 g/mol. The summed E-state index contributed by atoms with van der Waals surface area (Å²) in [4.78, 5) is 10.5. The fourth-order valence-electron chi connectivity index (χ4n) is 1.53. The van der Waals surface area contributed by atoms with Gasteiger partial charge in [0.1, 0.15) is 5.75 Å². The summed E-state index contributed by atoms with van der Waals surface area (Å²) in [6.45, 7) is 2.51. The van der Waals surface area contributed by atoms with Gasteiger partial charge in [-0.1, -0.05) is 12.1 Å². The molecule has 5 nitrogen and oxygen atoms in total. The molecule has 1 aromatic carbocycles. The number of ether oxygens (including phenoxy) is 1. The first-order chi connectivity index (χ1) is 8.04. The van der Waals surface area contributed by atoms with Crippen LogP contribution in [0.1, 0.15) is 24.9 Å². The van der Waals surface area contributed by atoms with Gasteiger partial charge in [-0.2, -0.15) is 0 Å². The van der Waals surface area contributed by atoms with Gasteiger partial charge in [-0.25, -0.2) is 0 Å². The SMILES string of the molecule is CCOc1ccc(C(N)C(N)CC(=O)O)cc1. The van der Waals surface area contributed by atoms with E-state index in [2.05, 4.69) is 0 Å². The average Bonchev–Trinajstić information content (AvgIpc) is 2.28. The number of nitrogens with two attached hydrogens (primary N) is 2. The molecule has 0 amide bonds. The number of hydrogen-bond donors (Lipinski definition) is 3. The molecule has 0 spiro atoms. The summed E-state index contributed by atoms with van der Waals surface area (Å²) in [5, 5.41) is 8.64. The third-order valence-electron chi connectivity index (χ3n) is 2.45. The number of carbonyl (C=O) groups is 1. The molecule has 2 atom stereocenters. The smallest absolute Gasteiger partial charge is 0.304 e. The van der Waals surface area contributed by atoms with Gasteiger partial charge in [0, 0.05) is 12.1 Å². The predicted molar refractivity (Wildman–Crippen MR) is 64.8 cm³/mol. The minimum atomic E-state index is -0.945. The van der Waals surface area contributed by atoms with Crippen LogP contribution in [0.2, 0.25) is 0 Å². The van der Waals surface area contributed by atoms with Crippen LogP contribution in [0.15, 0.2) is 24.3 Å². The van der Waals surface area contributed by atoms with E-state index < -0.39 is 18.1 Å². The van der Waals surface area contributed by atoms with Crippen LogP contribution in [0, 0.1) is 0 Å². The van der Waals surface area contributed by atoms with Gasteiger partial charge in [-0.15, -0.1) is 0 Å². The lowest BCUT2D eigenvalue weighted by atomic mass is 9.98. The molecule has 0 bridgehead atoms. The van der Waals surface area contributed by atoms with E-state index in [0.717, 1.165) is 11.3 Å². The van der Waals surface area contributed by atoms with Crippen LogP contribution < -0.4 is 16.2 Å². The van der Waals surface area contributed by atoms with Crippen LogP contribution in [0.4, 0.5) is 0 Å². The Kier molecular flexibility index (Phi) is 4.93. The van der Waals surface area contributed by atoms with E-state index in [9.17, 15) is 4.79 Å². The molecule has 0 fully saturated rings. The molecule has 5 N–H and O–H groups in total. The molecule has 2 unspecified atom stereocenters. The maximum Gasteiger partial charge on any atom is 0.304 e. The molecule has 0 saturated carbocycles. The number of aliphatic carboxylic acids is 1. The van der Waals surface area contributed by atoms with Gasteiger partial charge in [0.2, 0.25) is 0 Å². The highest BCUT2D eigenvalue weighted by atomic mass is 16.5. The zero-order valence-electron chi connectivity index (χ0n) is 9.80. The largest absolute Gasteiger partial charge is 0.494 e. The van der Waals surface area contributed by atoms with Crippen molar-refractivity contribution in [1.29, 1.82) is 0 Å². The van der Waals surface area contributed by atoms with E-state index >= 15 is 0 Å². The third-order valence-corrected chi connectivity index (χ3v) is 2.45. The Balaban J connectivity index is 2.68. The van der Waals surface area contributed by atoms with E-state index in [1.165, 1.54) is 0 Å². The lowest BCUT2D eigenvalue weighted by Crippen LogP contribution is -2.35. The van der Waals surface area contributed by atoms with Crippen molar-refractivity contribution in [2.45, 2.75) is 25.4 Å². The first-order valence-electron chi connectivity index (χ1n) is 5.50. The molecule has 1 aromatic rings. The van der Waals surface area contributed by atoms with Crippen LogP contribution in [0.25, 0.3) is 0 Å². The van der Waals surface area contributed by atoms with E-state index in [-0.39, 0.29) is 6.42 Å². The standard InChI is InChI=1S/C12H18N2O3/c1-2-17-9-5-3-8(4-6-9)12(14)10(13)7-11(15)16/h3-6,10,12H,2,7,13-14H2,1H3,(H,15,16). The van der Waals surface area contributed by atoms with Gasteiger partial charge >= 0.3 is 5.97 Å². The topological polar surface area (TPSA) is 98.6 Å². The zero-order chi connectivity index (χ0) is 12.8. The summed E-state index contributed by atoms with van der Waals surface area (Å²) < 4.78 is 5.30. The Morgan fingerprint density at radius 3 is 2.41 bits per heavy atom. The van der Waals surface area contributed by atoms with Crippen molar-refractivity contribution in [1.82, 2.24) is 0 Å². The number of hydrogen-bond acceptors (Lipinski definition) is 4. The number of carboxylic acids is 1. The number of rotatable bonds is 6. The fourth-order valence-corrected chi connectivity index (χ4v) is 1.53. The van der Waals surface area contributed by atoms with E-state index in [0.29, 0.717) is 6.61 Å². The Morgan fingerprint density at radius 1 is 1.35 bits per heavy atom. The molecule has 0 aromatic heterocycles. The lowest BCUT2D eigenvalue weighted by Gasteiger charge is -2.18. The Labute approximate surface area is 100 Å². The van der Waals surface area contributed by atoms with Crippen LogP contribution in [-0.4, -0.2) is 23.7 Å². The van der Waals surface area contributed by atoms with Crippen LogP contribution in [0.5, 0.6) is 5.75 Å². The van der Waals surface area contributed by atoms with Crippen molar-refractivity contribution >= 4 is 5.97 Å². The zero-order valence-corrected chi connectivity index (χ0v) is 9.80. The molecule has 0 heterocycles. The van der Waals surface area contributed by atoms with Crippen molar-refractivity contribution in [2.24, 2.45) is 11.5 Å². The van der Waals surface area contributed by atoms with Crippen molar-refractivity contribution in [3.63, 3.8) is 0 Å². The van der Waals surface area contributed by atoms with Crippen molar-refractivity contribution in [3.8, 4) is 5.75 Å². The highest BCUT2D eigenvalue weighted by Crippen LogP contribution is 2.19. The summed E-state index contributed by atoms with van der Waals surface area (Å²) in [7, 11) is 0. The maximum atomic E-state index is 10.5. The van der Waals surface area contributed by atoms with Crippen LogP contribution >= 0.6 is 0 Å². The molecule has 0 aliphatic carbocycles. The van der Waals surface area contributed by atoms with Crippen molar-refractivity contribution < 1.29 is 14.6 Å². The van der Waals surface area contributed by atoms with Crippen LogP contribution in [-0.2, 0) is 4.79 Å². The first-order valence-corrected chi connectivity index (χ1v) is 5.50. The van der Waals surface area contributed by atoms with E-state index in [1.54, 1.807) is 24.3 Å². The Hall–Kier alpha value is -1.59. The molecule has 0 saturated heterocycles. The Morgan fingerprint density at radius 2 is 1.94 bits per heavy atom. The summed E-state index contributed by atoms with van der Waals surface area (Å²) >= 11 is 0. The van der Waals surface area contributed by atoms with Crippen molar-refractivity contribution in [2.75, 3.05) is 6.61 Å². The fraction of sp³-hybridized carbons (Fsp3) is 0.417. The molecule has 17 heavy (non-hydrogen) atoms. The van der Waals surface area contributed by atoms with Gasteiger partial charge in [0.15, 0.2) is 0 Å². The summed E-state index contributed by atoms with van der Waals surface area (Å²) in [5.41, 5.74) is 12.4. The second kappa shape index (κ2) is 6.22. The monoisotopic (exact) mass is 238 g/mol. The molecule has 5 heteroatoms. The lowest BCUT2D eigenvalue weighted by molar-refractivity contribution is -0.137. The molecule has 0 radical (unpaired) electrons. The van der Waals surface area contributed by atoms with Gasteiger partial charge in [0.25, 0.3) is 0 Å². The third kappa shape index (κ3) is 4.05. The minimum absolute atomic E-state index is 0.144. The molecular formula is C12H18N2O3. The van der Waals surface area contributed by atoms with E-state index in [4.69, 9.17) is 21.3 Å². The number of carboxylic acid groups (broad SMARTS) is 1. The highest BCUT2D eigenvalue weighted by Gasteiger charge is 2.18. The maximum absolute atomic E-state index is 10.5. The molecule has 0 aliphatic heterocycles. The van der Waals surface area contributed by atoms with E-state index in [1.807, 2.05) is 6.92 Å². The second-order valence-corrected chi connectivity index (χ2v) is 3.79. The molecule has 94 valence electrons. The van der Waals surface area contributed by atoms with Crippen LogP contribution in [0.3, 0.4) is 0 Å².